The van der Waals surface area contributed by atoms with E-state index in [1.54, 1.807) is 30.0 Å². The summed E-state index contributed by atoms with van der Waals surface area (Å²) in [6, 6.07) is 20.4. The van der Waals surface area contributed by atoms with Crippen LogP contribution in [0, 0.1) is 0 Å². The molecule has 3 nitrogen and oxygen atoms in total. The third-order valence-electron chi connectivity index (χ3n) is 4.84. The van der Waals surface area contributed by atoms with Crippen LogP contribution in [0.3, 0.4) is 0 Å². The van der Waals surface area contributed by atoms with Crippen LogP contribution >= 0.6 is 46.7 Å². The Morgan fingerprint density at radius 1 is 0.824 bits per heavy atom. The third-order valence-corrected chi connectivity index (χ3v) is 7.41. The highest BCUT2D eigenvalue weighted by molar-refractivity contribution is 7.98. The van der Waals surface area contributed by atoms with E-state index in [0.29, 0.717) is 38.0 Å². The molecule has 0 spiro atoms. The van der Waals surface area contributed by atoms with Crippen molar-refractivity contribution in [2.24, 2.45) is 0 Å². The molecule has 34 heavy (non-hydrogen) atoms. The first-order valence-corrected chi connectivity index (χ1v) is 13.0. The SMILES string of the molecule is FC(F)(F)c1cccc(CSc2nnc(CSCc3ccc(Cl)cc3Cl)n2-c2ccccc2)c1. The summed E-state index contributed by atoms with van der Waals surface area (Å²) in [5, 5.41) is 10.5. The molecule has 0 aliphatic carbocycles. The van der Waals surface area contributed by atoms with Gasteiger partial charge in [-0.3, -0.25) is 4.57 Å². The number of nitrogens with zero attached hydrogens (tertiary/aromatic N) is 3. The van der Waals surface area contributed by atoms with Crippen LogP contribution in [0.5, 0.6) is 0 Å². The molecule has 176 valence electrons. The molecule has 0 fully saturated rings. The molecular formula is C24H18Cl2F3N3S2. The first kappa shape index (κ1) is 25.0. The molecular weight excluding hydrogens is 522 g/mol. The third kappa shape index (κ3) is 6.30. The lowest BCUT2D eigenvalue weighted by atomic mass is 10.1. The zero-order chi connectivity index (χ0) is 24.1. The Hall–Kier alpha value is -2.13. The summed E-state index contributed by atoms with van der Waals surface area (Å²) in [6.45, 7) is 0. The molecule has 4 aromatic rings. The molecule has 0 unspecified atom stereocenters. The van der Waals surface area contributed by atoms with Crippen molar-refractivity contribution in [3.63, 3.8) is 0 Å². The Balaban J connectivity index is 1.52. The summed E-state index contributed by atoms with van der Waals surface area (Å²) in [4.78, 5) is 0. The Morgan fingerprint density at radius 3 is 2.35 bits per heavy atom. The van der Waals surface area contributed by atoms with Gasteiger partial charge in [0.15, 0.2) is 5.16 Å². The summed E-state index contributed by atoms with van der Waals surface area (Å²) < 4.78 is 41.1. The van der Waals surface area contributed by atoms with E-state index in [2.05, 4.69) is 10.2 Å². The van der Waals surface area contributed by atoms with Crippen LogP contribution in [0.1, 0.15) is 22.5 Å². The van der Waals surface area contributed by atoms with Gasteiger partial charge >= 0.3 is 6.18 Å². The van der Waals surface area contributed by atoms with Crippen LogP contribution in [0.15, 0.2) is 78.0 Å². The number of thioether (sulfide) groups is 2. The number of aromatic nitrogens is 3. The quantitative estimate of drug-likeness (QED) is 0.210. The molecule has 3 aromatic carbocycles. The van der Waals surface area contributed by atoms with Gasteiger partial charge in [-0.15, -0.1) is 22.0 Å². The van der Waals surface area contributed by atoms with Gasteiger partial charge in [0.2, 0.25) is 0 Å². The lowest BCUT2D eigenvalue weighted by Crippen LogP contribution is -2.05. The summed E-state index contributed by atoms with van der Waals surface area (Å²) in [5.41, 5.74) is 1.77. The second-order valence-corrected chi connectivity index (χ2v) is 10.1. The smallest absolute Gasteiger partial charge is 0.273 e. The van der Waals surface area contributed by atoms with Gasteiger partial charge in [0.05, 0.1) is 11.3 Å². The largest absolute Gasteiger partial charge is 0.416 e. The first-order valence-electron chi connectivity index (χ1n) is 10.1. The molecule has 0 N–H and O–H groups in total. The lowest BCUT2D eigenvalue weighted by molar-refractivity contribution is -0.137. The molecule has 10 heteroatoms. The second kappa shape index (κ2) is 11.1. The minimum absolute atomic E-state index is 0.336. The fourth-order valence-corrected chi connectivity index (χ4v) is 5.61. The van der Waals surface area contributed by atoms with Crippen molar-refractivity contribution < 1.29 is 13.2 Å². The number of benzene rings is 3. The van der Waals surface area contributed by atoms with Crippen molar-refractivity contribution in [3.05, 3.63) is 105 Å². The zero-order valence-electron chi connectivity index (χ0n) is 17.6. The van der Waals surface area contributed by atoms with Gasteiger partial charge in [0.1, 0.15) is 5.82 Å². The number of hydrogen-bond acceptors (Lipinski definition) is 4. The normalized spacial score (nSPS) is 11.7. The van der Waals surface area contributed by atoms with Crippen molar-refractivity contribution in [2.45, 2.75) is 28.6 Å². The number of para-hydroxylation sites is 1. The van der Waals surface area contributed by atoms with Gasteiger partial charge in [0, 0.05) is 27.2 Å². The first-order chi connectivity index (χ1) is 16.3. The molecule has 0 bridgehead atoms. The van der Waals surface area contributed by atoms with E-state index in [-0.39, 0.29) is 0 Å². The average molecular weight is 540 g/mol. The molecule has 1 heterocycles. The minimum Gasteiger partial charge on any atom is -0.273 e. The lowest BCUT2D eigenvalue weighted by Gasteiger charge is -2.11. The predicted octanol–water partition coefficient (Wildman–Crippen LogP) is 8.32. The fourth-order valence-electron chi connectivity index (χ4n) is 3.20. The maximum atomic E-state index is 13.1. The summed E-state index contributed by atoms with van der Waals surface area (Å²) >= 11 is 15.2. The molecule has 4 rings (SSSR count). The fraction of sp³-hybridized carbons (Fsp3) is 0.167. The van der Waals surface area contributed by atoms with Gasteiger partial charge in [-0.2, -0.15) is 13.2 Å². The van der Waals surface area contributed by atoms with E-state index in [9.17, 15) is 13.2 Å². The van der Waals surface area contributed by atoms with E-state index in [1.165, 1.54) is 23.9 Å². The van der Waals surface area contributed by atoms with Gasteiger partial charge in [-0.25, -0.2) is 0 Å². The molecule has 0 saturated heterocycles. The van der Waals surface area contributed by atoms with E-state index < -0.39 is 11.7 Å². The predicted molar refractivity (Wildman–Crippen MR) is 134 cm³/mol. The van der Waals surface area contributed by atoms with Crippen LogP contribution < -0.4 is 0 Å². The maximum Gasteiger partial charge on any atom is 0.416 e. The zero-order valence-corrected chi connectivity index (χ0v) is 20.7. The number of alkyl halides is 3. The molecule has 0 amide bonds. The molecule has 1 aromatic heterocycles. The monoisotopic (exact) mass is 539 g/mol. The Labute approximate surface area is 213 Å². The number of hydrogen-bond donors (Lipinski definition) is 0. The van der Waals surface area contributed by atoms with E-state index in [1.807, 2.05) is 41.0 Å². The second-order valence-electron chi connectivity index (χ2n) is 7.29. The van der Waals surface area contributed by atoms with Gasteiger partial charge in [0.25, 0.3) is 0 Å². The van der Waals surface area contributed by atoms with Crippen molar-refractivity contribution in [3.8, 4) is 5.69 Å². The minimum atomic E-state index is -4.37. The molecule has 0 aliphatic rings. The average Bonchev–Trinajstić information content (AvgIpc) is 3.22. The summed E-state index contributed by atoms with van der Waals surface area (Å²) in [5.74, 6) is 2.32. The molecule has 0 aliphatic heterocycles. The Bertz CT molecular complexity index is 1260. The highest BCUT2D eigenvalue weighted by Crippen LogP contribution is 2.32. The van der Waals surface area contributed by atoms with Crippen LogP contribution in [0.2, 0.25) is 10.0 Å². The maximum absolute atomic E-state index is 13.1. The highest BCUT2D eigenvalue weighted by atomic mass is 35.5. The Morgan fingerprint density at radius 2 is 1.62 bits per heavy atom. The van der Waals surface area contributed by atoms with Gasteiger partial charge in [-0.05, 0) is 41.5 Å². The molecule has 0 radical (unpaired) electrons. The molecule has 0 atom stereocenters. The summed E-state index contributed by atoms with van der Waals surface area (Å²) in [6.07, 6.45) is -4.37. The Kier molecular flexibility index (Phi) is 8.14. The van der Waals surface area contributed by atoms with Crippen LogP contribution in [-0.2, 0) is 23.4 Å². The van der Waals surface area contributed by atoms with Crippen LogP contribution in [0.25, 0.3) is 5.69 Å². The van der Waals surface area contributed by atoms with Crippen molar-refractivity contribution in [1.82, 2.24) is 14.8 Å². The molecule has 0 saturated carbocycles. The van der Waals surface area contributed by atoms with E-state index >= 15 is 0 Å². The van der Waals surface area contributed by atoms with E-state index in [0.717, 1.165) is 23.1 Å². The number of halogens is 5. The summed E-state index contributed by atoms with van der Waals surface area (Å²) in [7, 11) is 0. The van der Waals surface area contributed by atoms with Gasteiger partial charge in [-0.1, -0.05) is 77.4 Å². The standard InChI is InChI=1S/C24H18Cl2F3N3S2/c25-19-10-9-17(21(26)12-19)14-33-15-22-30-31-23(32(22)20-7-2-1-3-8-20)34-13-16-5-4-6-18(11-16)24(27,28)29/h1-12H,13-15H2. The van der Waals surface area contributed by atoms with E-state index in [4.69, 9.17) is 23.2 Å². The van der Waals surface area contributed by atoms with Gasteiger partial charge < -0.3 is 0 Å². The van der Waals surface area contributed by atoms with Crippen molar-refractivity contribution in [2.75, 3.05) is 0 Å². The van der Waals surface area contributed by atoms with Crippen LogP contribution in [-0.4, -0.2) is 14.8 Å². The van der Waals surface area contributed by atoms with Crippen LogP contribution in [0.4, 0.5) is 13.2 Å². The highest BCUT2D eigenvalue weighted by Gasteiger charge is 2.30. The van der Waals surface area contributed by atoms with Crippen molar-refractivity contribution >= 4 is 46.7 Å². The van der Waals surface area contributed by atoms with Crippen molar-refractivity contribution in [1.29, 1.82) is 0 Å². The number of rotatable bonds is 8. The topological polar surface area (TPSA) is 30.7 Å².